The zero-order valence-corrected chi connectivity index (χ0v) is 18.3. The van der Waals surface area contributed by atoms with Crippen LogP contribution < -0.4 is 15.4 Å². The molecule has 2 N–H and O–H groups in total. The third-order valence-electron chi connectivity index (χ3n) is 4.06. The third kappa shape index (κ3) is 6.22. The van der Waals surface area contributed by atoms with Crippen LogP contribution in [0.4, 0.5) is 36.3 Å². The molecule has 0 amide bonds. The number of rotatable bonds is 8. The summed E-state index contributed by atoms with van der Waals surface area (Å²) in [5.74, 6) is 0.459. The molecule has 0 unspecified atom stereocenters. The first kappa shape index (κ1) is 22.1. The van der Waals surface area contributed by atoms with Gasteiger partial charge in [0.25, 0.3) is 0 Å². The van der Waals surface area contributed by atoms with Crippen molar-refractivity contribution >= 4 is 45.7 Å². The lowest BCUT2D eigenvalue weighted by atomic mass is 10.2. The Kier molecular flexibility index (Phi) is 7.35. The van der Waals surface area contributed by atoms with Gasteiger partial charge in [0.2, 0.25) is 5.95 Å². The molecule has 30 heavy (non-hydrogen) atoms. The highest BCUT2D eigenvalue weighted by Crippen LogP contribution is 2.35. The predicted molar refractivity (Wildman–Crippen MR) is 120 cm³/mol. The van der Waals surface area contributed by atoms with E-state index in [1.165, 1.54) is 0 Å². The van der Waals surface area contributed by atoms with Gasteiger partial charge in [0.15, 0.2) is 0 Å². The summed E-state index contributed by atoms with van der Waals surface area (Å²) in [6, 6.07) is 14.1. The summed E-state index contributed by atoms with van der Waals surface area (Å²) in [4.78, 5) is 7.88. The van der Waals surface area contributed by atoms with Crippen molar-refractivity contribution in [1.29, 1.82) is 0 Å². The number of aromatic nitrogens is 2. The summed E-state index contributed by atoms with van der Waals surface area (Å²) in [6.45, 7) is 2.72. The number of benzene rings is 2. The molecule has 0 atom stereocenters. The molecule has 9 heteroatoms. The van der Waals surface area contributed by atoms with Crippen LogP contribution in [0.3, 0.4) is 0 Å². The molecular formula is C21H20F3IN4O. The van der Waals surface area contributed by atoms with E-state index >= 15 is 0 Å². The fraction of sp³-hybridized carbons (Fsp3) is 0.238. The molecule has 158 valence electrons. The number of halogens is 4. The summed E-state index contributed by atoms with van der Waals surface area (Å²) in [5.41, 5.74) is 0.204. The first-order valence-electron chi connectivity index (χ1n) is 9.32. The largest absolute Gasteiger partial charge is 0.494 e. The predicted octanol–water partition coefficient (Wildman–Crippen LogP) is 6.77. The van der Waals surface area contributed by atoms with Gasteiger partial charge in [-0.2, -0.15) is 18.2 Å². The average Bonchev–Trinajstić information content (AvgIpc) is 2.69. The first-order chi connectivity index (χ1) is 14.3. The normalized spacial score (nSPS) is 11.2. The molecular weight excluding hydrogens is 508 g/mol. The SMILES string of the molecule is CCCCOc1ccc(Nc2ncc(C(F)(F)F)c(Nc3cccc(I)c3)n2)cc1. The van der Waals surface area contributed by atoms with Crippen molar-refractivity contribution in [2.24, 2.45) is 0 Å². The Morgan fingerprint density at radius 1 is 1.03 bits per heavy atom. The number of nitrogens with zero attached hydrogens (tertiary/aromatic N) is 2. The van der Waals surface area contributed by atoms with E-state index in [0.29, 0.717) is 18.0 Å². The lowest BCUT2D eigenvalue weighted by molar-refractivity contribution is -0.137. The molecule has 1 aromatic heterocycles. The summed E-state index contributed by atoms with van der Waals surface area (Å²) in [5, 5.41) is 5.68. The molecule has 5 nitrogen and oxygen atoms in total. The van der Waals surface area contributed by atoms with Gasteiger partial charge in [-0.15, -0.1) is 0 Å². The van der Waals surface area contributed by atoms with Crippen LogP contribution in [0.2, 0.25) is 0 Å². The van der Waals surface area contributed by atoms with Gasteiger partial charge in [0, 0.05) is 21.1 Å². The number of unbranched alkanes of at least 4 members (excludes halogenated alkanes) is 1. The molecule has 3 aromatic rings. The summed E-state index contributed by atoms with van der Waals surface area (Å²) in [6.07, 6.45) is -1.80. The fourth-order valence-corrected chi connectivity index (χ4v) is 3.09. The molecule has 0 fully saturated rings. The van der Waals surface area contributed by atoms with E-state index < -0.39 is 11.7 Å². The van der Waals surface area contributed by atoms with Crippen LogP contribution in [0, 0.1) is 3.57 Å². The zero-order chi connectivity index (χ0) is 21.6. The van der Waals surface area contributed by atoms with Crippen LogP contribution in [-0.2, 0) is 6.18 Å². The molecule has 1 heterocycles. The van der Waals surface area contributed by atoms with Crippen molar-refractivity contribution in [2.45, 2.75) is 25.9 Å². The van der Waals surface area contributed by atoms with Crippen LogP contribution in [0.15, 0.2) is 54.7 Å². The standard InChI is InChI=1S/C21H20F3IN4O/c1-2-3-11-30-17-9-7-15(8-10-17)28-20-26-13-18(21(22,23)24)19(29-20)27-16-6-4-5-14(25)12-16/h4-10,12-13H,2-3,11H2,1H3,(H2,26,27,28,29). The molecule has 0 bridgehead atoms. The zero-order valence-electron chi connectivity index (χ0n) is 16.1. The minimum atomic E-state index is -4.58. The maximum absolute atomic E-state index is 13.4. The molecule has 3 rings (SSSR count). The second-order valence-electron chi connectivity index (χ2n) is 6.44. The van der Waals surface area contributed by atoms with Gasteiger partial charge < -0.3 is 15.4 Å². The Morgan fingerprint density at radius 2 is 1.80 bits per heavy atom. The molecule has 0 radical (unpaired) electrons. The summed E-state index contributed by atoms with van der Waals surface area (Å²) >= 11 is 2.09. The van der Waals surface area contributed by atoms with Gasteiger partial charge >= 0.3 is 6.18 Å². The lowest BCUT2D eigenvalue weighted by Crippen LogP contribution is -2.12. The number of alkyl halides is 3. The molecule has 0 spiro atoms. The van der Waals surface area contributed by atoms with Gasteiger partial charge in [-0.25, -0.2) is 4.98 Å². The van der Waals surface area contributed by atoms with Crippen molar-refractivity contribution in [3.63, 3.8) is 0 Å². The van der Waals surface area contributed by atoms with Crippen molar-refractivity contribution in [1.82, 2.24) is 9.97 Å². The van der Waals surface area contributed by atoms with E-state index in [1.54, 1.807) is 42.5 Å². The van der Waals surface area contributed by atoms with Crippen LogP contribution in [0.1, 0.15) is 25.3 Å². The average molecular weight is 528 g/mol. The highest BCUT2D eigenvalue weighted by atomic mass is 127. The number of nitrogens with one attached hydrogen (secondary N) is 2. The highest BCUT2D eigenvalue weighted by molar-refractivity contribution is 14.1. The smallest absolute Gasteiger partial charge is 0.421 e. The highest BCUT2D eigenvalue weighted by Gasteiger charge is 2.35. The Hall–Kier alpha value is -2.56. The van der Waals surface area contributed by atoms with Crippen LogP contribution >= 0.6 is 22.6 Å². The van der Waals surface area contributed by atoms with E-state index in [-0.39, 0.29) is 11.8 Å². The third-order valence-corrected chi connectivity index (χ3v) is 4.73. The van der Waals surface area contributed by atoms with E-state index in [1.807, 2.05) is 6.07 Å². The molecule has 0 aliphatic carbocycles. The van der Waals surface area contributed by atoms with Gasteiger partial charge in [0.1, 0.15) is 17.1 Å². The van der Waals surface area contributed by atoms with E-state index in [4.69, 9.17) is 4.74 Å². The van der Waals surface area contributed by atoms with Gasteiger partial charge in [-0.05, 0) is 71.5 Å². The van der Waals surface area contributed by atoms with Crippen molar-refractivity contribution in [3.05, 3.63) is 63.9 Å². The maximum atomic E-state index is 13.4. The molecule has 0 aliphatic rings. The van der Waals surface area contributed by atoms with Gasteiger partial charge in [0.05, 0.1) is 6.61 Å². The fourth-order valence-electron chi connectivity index (χ4n) is 2.55. The quantitative estimate of drug-likeness (QED) is 0.250. The van der Waals surface area contributed by atoms with Crippen molar-refractivity contribution in [2.75, 3.05) is 17.2 Å². The van der Waals surface area contributed by atoms with Crippen molar-refractivity contribution < 1.29 is 17.9 Å². The first-order valence-corrected chi connectivity index (χ1v) is 10.4. The molecule has 2 aromatic carbocycles. The van der Waals surface area contributed by atoms with Crippen LogP contribution in [0.5, 0.6) is 5.75 Å². The number of hydrogen-bond donors (Lipinski definition) is 2. The molecule has 0 saturated carbocycles. The molecule has 0 aliphatic heterocycles. The number of hydrogen-bond acceptors (Lipinski definition) is 5. The Morgan fingerprint density at radius 3 is 2.47 bits per heavy atom. The maximum Gasteiger partial charge on any atom is 0.421 e. The second-order valence-corrected chi connectivity index (χ2v) is 7.69. The Balaban J connectivity index is 1.80. The van der Waals surface area contributed by atoms with Gasteiger partial charge in [-0.1, -0.05) is 19.4 Å². The van der Waals surface area contributed by atoms with Crippen LogP contribution in [0.25, 0.3) is 0 Å². The Labute approximate surface area is 186 Å². The topological polar surface area (TPSA) is 59.1 Å². The van der Waals surface area contributed by atoms with E-state index in [9.17, 15) is 13.2 Å². The van der Waals surface area contributed by atoms with E-state index in [0.717, 1.165) is 28.4 Å². The number of anilines is 4. The monoisotopic (exact) mass is 528 g/mol. The number of ether oxygens (including phenoxy) is 1. The molecule has 0 saturated heterocycles. The summed E-state index contributed by atoms with van der Waals surface area (Å²) < 4.78 is 46.7. The Bertz CT molecular complexity index is 981. The van der Waals surface area contributed by atoms with Crippen molar-refractivity contribution in [3.8, 4) is 5.75 Å². The minimum Gasteiger partial charge on any atom is -0.494 e. The second kappa shape index (κ2) is 9.96. The lowest BCUT2D eigenvalue weighted by Gasteiger charge is -2.15. The minimum absolute atomic E-state index is 0.0516. The van der Waals surface area contributed by atoms with E-state index in [2.05, 4.69) is 50.1 Å². The van der Waals surface area contributed by atoms with Gasteiger partial charge in [-0.3, -0.25) is 0 Å². The van der Waals surface area contributed by atoms with Crippen LogP contribution in [-0.4, -0.2) is 16.6 Å². The summed E-state index contributed by atoms with van der Waals surface area (Å²) in [7, 11) is 0.